The molecule has 1 amide bonds. The highest BCUT2D eigenvalue weighted by atomic mass is 35.5. The Kier molecular flexibility index (Phi) is 11.7. The average Bonchev–Trinajstić information content (AvgIpc) is 2.52. The molecule has 1 atom stereocenters. The Labute approximate surface area is 149 Å². The van der Waals surface area contributed by atoms with Gasteiger partial charge < -0.3 is 10.2 Å². The standard InChI is InChI=1S/C15H23N3OS.2ClH/c1-16-13-6-4-9-18(11-13)15(19)7-10-20-12-14-5-2-3-8-17-14;;/h2-3,5,8,13,16H,4,6-7,9-12H2,1H3;2*1H. The number of nitrogens with zero attached hydrogens (tertiary/aromatic N) is 2. The molecule has 1 aromatic heterocycles. The number of piperidine rings is 1. The van der Waals surface area contributed by atoms with Gasteiger partial charge in [-0.25, -0.2) is 0 Å². The van der Waals surface area contributed by atoms with Crippen LogP contribution in [-0.4, -0.2) is 47.7 Å². The monoisotopic (exact) mass is 365 g/mol. The van der Waals surface area contributed by atoms with Crippen molar-refractivity contribution in [3.63, 3.8) is 0 Å². The van der Waals surface area contributed by atoms with Crippen molar-refractivity contribution < 1.29 is 4.79 Å². The van der Waals surface area contributed by atoms with E-state index in [9.17, 15) is 4.79 Å². The number of nitrogens with one attached hydrogen (secondary N) is 1. The number of aromatic nitrogens is 1. The summed E-state index contributed by atoms with van der Waals surface area (Å²) >= 11 is 1.78. The van der Waals surface area contributed by atoms with Crippen molar-refractivity contribution in [1.82, 2.24) is 15.2 Å². The van der Waals surface area contributed by atoms with Gasteiger partial charge in [-0.2, -0.15) is 11.8 Å². The van der Waals surface area contributed by atoms with E-state index in [4.69, 9.17) is 0 Å². The van der Waals surface area contributed by atoms with E-state index < -0.39 is 0 Å². The second-order valence-electron chi connectivity index (χ2n) is 5.09. The molecule has 22 heavy (non-hydrogen) atoms. The van der Waals surface area contributed by atoms with Gasteiger partial charge in [0.15, 0.2) is 0 Å². The Balaban J connectivity index is 0.00000220. The van der Waals surface area contributed by atoms with Gasteiger partial charge in [0, 0.05) is 43.3 Å². The van der Waals surface area contributed by atoms with Crippen molar-refractivity contribution >= 4 is 42.5 Å². The van der Waals surface area contributed by atoms with Crippen LogP contribution >= 0.6 is 36.6 Å². The van der Waals surface area contributed by atoms with E-state index in [1.807, 2.05) is 36.3 Å². The highest BCUT2D eigenvalue weighted by molar-refractivity contribution is 7.98. The first kappa shape index (κ1) is 21.5. The predicted octanol–water partition coefficient (Wildman–Crippen LogP) is 2.76. The number of halogens is 2. The van der Waals surface area contributed by atoms with Crippen LogP contribution in [0, 0.1) is 0 Å². The lowest BCUT2D eigenvalue weighted by Crippen LogP contribution is -2.47. The summed E-state index contributed by atoms with van der Waals surface area (Å²) in [6.07, 6.45) is 4.73. The average molecular weight is 366 g/mol. The molecule has 0 radical (unpaired) electrons. The van der Waals surface area contributed by atoms with Gasteiger partial charge in [0.2, 0.25) is 5.91 Å². The Hall–Kier alpha value is -0.490. The molecule has 4 nitrogen and oxygen atoms in total. The van der Waals surface area contributed by atoms with E-state index in [1.54, 1.807) is 11.8 Å². The van der Waals surface area contributed by atoms with Crippen LogP contribution in [0.4, 0.5) is 0 Å². The molecule has 1 aliphatic heterocycles. The molecule has 1 fully saturated rings. The summed E-state index contributed by atoms with van der Waals surface area (Å²) in [5, 5.41) is 3.27. The predicted molar refractivity (Wildman–Crippen MR) is 98.2 cm³/mol. The highest BCUT2D eigenvalue weighted by Crippen LogP contribution is 2.14. The van der Waals surface area contributed by atoms with Crippen molar-refractivity contribution in [2.75, 3.05) is 25.9 Å². The third-order valence-electron chi connectivity index (χ3n) is 3.62. The molecule has 0 aromatic carbocycles. The number of likely N-dealkylation sites (N-methyl/N-ethyl adjacent to an activating group) is 1. The summed E-state index contributed by atoms with van der Waals surface area (Å²) in [6.45, 7) is 1.78. The lowest BCUT2D eigenvalue weighted by molar-refractivity contribution is -0.132. The van der Waals surface area contributed by atoms with Gasteiger partial charge in [-0.3, -0.25) is 9.78 Å². The van der Waals surface area contributed by atoms with E-state index in [0.717, 1.165) is 36.7 Å². The molecule has 1 aromatic rings. The molecular weight excluding hydrogens is 341 g/mol. The Morgan fingerprint density at radius 3 is 2.95 bits per heavy atom. The van der Waals surface area contributed by atoms with Gasteiger partial charge in [0.1, 0.15) is 0 Å². The van der Waals surface area contributed by atoms with Crippen molar-refractivity contribution in [3.05, 3.63) is 30.1 Å². The minimum absolute atomic E-state index is 0. The van der Waals surface area contributed by atoms with E-state index >= 15 is 0 Å². The maximum atomic E-state index is 12.1. The van der Waals surface area contributed by atoms with Gasteiger partial charge in [-0.15, -0.1) is 24.8 Å². The summed E-state index contributed by atoms with van der Waals surface area (Å²) in [4.78, 5) is 18.4. The number of rotatable bonds is 6. The largest absolute Gasteiger partial charge is 0.341 e. The van der Waals surface area contributed by atoms with E-state index in [-0.39, 0.29) is 24.8 Å². The van der Waals surface area contributed by atoms with E-state index in [0.29, 0.717) is 18.4 Å². The molecule has 0 aliphatic carbocycles. The van der Waals surface area contributed by atoms with Gasteiger partial charge in [-0.1, -0.05) is 6.07 Å². The van der Waals surface area contributed by atoms with Crippen LogP contribution in [0.25, 0.3) is 0 Å². The number of amides is 1. The molecule has 1 N–H and O–H groups in total. The van der Waals surface area contributed by atoms with Gasteiger partial charge >= 0.3 is 0 Å². The van der Waals surface area contributed by atoms with E-state index in [1.165, 1.54) is 6.42 Å². The number of thioether (sulfide) groups is 1. The summed E-state index contributed by atoms with van der Waals surface area (Å²) in [6, 6.07) is 6.41. The first-order valence-corrected chi connectivity index (χ1v) is 8.37. The highest BCUT2D eigenvalue weighted by Gasteiger charge is 2.21. The normalized spacial score (nSPS) is 17.3. The third-order valence-corrected chi connectivity index (χ3v) is 4.61. The first-order valence-electron chi connectivity index (χ1n) is 7.22. The zero-order valence-electron chi connectivity index (χ0n) is 12.9. The maximum absolute atomic E-state index is 12.1. The number of likely N-dealkylation sites (tertiary alicyclic amines) is 1. The molecule has 1 saturated heterocycles. The molecule has 2 heterocycles. The molecule has 126 valence electrons. The Morgan fingerprint density at radius 2 is 2.27 bits per heavy atom. The van der Waals surface area contributed by atoms with Gasteiger partial charge in [0.05, 0.1) is 5.69 Å². The summed E-state index contributed by atoms with van der Waals surface area (Å²) < 4.78 is 0. The molecule has 0 spiro atoms. The van der Waals surface area contributed by atoms with Crippen LogP contribution < -0.4 is 5.32 Å². The number of hydrogen-bond donors (Lipinski definition) is 1. The number of carbonyl (C=O) groups is 1. The minimum atomic E-state index is 0. The molecular formula is C15H25Cl2N3OS. The SMILES string of the molecule is CNC1CCCN(C(=O)CCSCc2ccccn2)C1.Cl.Cl. The van der Waals surface area contributed by atoms with Crippen LogP contribution in [0.2, 0.25) is 0 Å². The fourth-order valence-electron chi connectivity index (χ4n) is 2.42. The number of hydrogen-bond acceptors (Lipinski definition) is 4. The Morgan fingerprint density at radius 1 is 1.45 bits per heavy atom. The quantitative estimate of drug-likeness (QED) is 0.787. The molecule has 7 heteroatoms. The smallest absolute Gasteiger partial charge is 0.223 e. The zero-order chi connectivity index (χ0) is 14.2. The maximum Gasteiger partial charge on any atom is 0.223 e. The van der Waals surface area contributed by atoms with E-state index in [2.05, 4.69) is 10.3 Å². The molecule has 0 saturated carbocycles. The van der Waals surface area contributed by atoms with Crippen molar-refractivity contribution in [1.29, 1.82) is 0 Å². The summed E-state index contributed by atoms with van der Waals surface area (Å²) in [7, 11) is 1.97. The number of pyridine rings is 1. The molecule has 2 rings (SSSR count). The van der Waals surface area contributed by atoms with Gasteiger partial charge in [-0.05, 0) is 32.0 Å². The van der Waals surface area contributed by atoms with Crippen LogP contribution in [0.3, 0.4) is 0 Å². The molecule has 0 bridgehead atoms. The lowest BCUT2D eigenvalue weighted by atomic mass is 10.1. The minimum Gasteiger partial charge on any atom is -0.341 e. The lowest BCUT2D eigenvalue weighted by Gasteiger charge is -2.32. The third kappa shape index (κ3) is 7.18. The zero-order valence-corrected chi connectivity index (χ0v) is 15.3. The van der Waals surface area contributed by atoms with Crippen LogP contribution in [0.5, 0.6) is 0 Å². The fraction of sp³-hybridized carbons (Fsp3) is 0.600. The van der Waals surface area contributed by atoms with Crippen LogP contribution in [-0.2, 0) is 10.5 Å². The van der Waals surface area contributed by atoms with Crippen molar-refractivity contribution in [3.8, 4) is 0 Å². The van der Waals surface area contributed by atoms with Crippen molar-refractivity contribution in [2.24, 2.45) is 0 Å². The van der Waals surface area contributed by atoms with Crippen molar-refractivity contribution in [2.45, 2.75) is 31.1 Å². The summed E-state index contributed by atoms with van der Waals surface area (Å²) in [5.74, 6) is 2.04. The topological polar surface area (TPSA) is 45.2 Å². The molecule has 1 unspecified atom stereocenters. The molecule has 1 aliphatic rings. The van der Waals surface area contributed by atoms with Crippen LogP contribution in [0.15, 0.2) is 24.4 Å². The van der Waals surface area contributed by atoms with Gasteiger partial charge in [0.25, 0.3) is 0 Å². The Bertz CT molecular complexity index is 423. The first-order chi connectivity index (χ1) is 9.79. The van der Waals surface area contributed by atoms with Crippen LogP contribution in [0.1, 0.15) is 25.0 Å². The summed E-state index contributed by atoms with van der Waals surface area (Å²) in [5.41, 5.74) is 1.08. The fourth-order valence-corrected chi connectivity index (χ4v) is 3.26. The second kappa shape index (κ2) is 12.0. The number of carbonyl (C=O) groups excluding carboxylic acids is 1. The second-order valence-corrected chi connectivity index (χ2v) is 6.20.